The Hall–Kier alpha value is -3.35. The molecule has 1 N–H and O–H groups in total. The van der Waals surface area contributed by atoms with Crippen molar-refractivity contribution in [1.29, 1.82) is 0 Å². The van der Waals surface area contributed by atoms with Crippen molar-refractivity contribution in [3.05, 3.63) is 59.2 Å². The van der Waals surface area contributed by atoms with Gasteiger partial charge in [0.15, 0.2) is 17.6 Å². The first-order valence-electron chi connectivity index (χ1n) is 8.42. The minimum Gasteiger partial charge on any atom is -0.454 e. The number of rotatable bonds is 6. The summed E-state index contributed by atoms with van der Waals surface area (Å²) in [4.78, 5) is 36.3. The fraction of sp³-hybridized carbons (Fsp3) is 0.250. The van der Waals surface area contributed by atoms with Crippen LogP contribution in [0.2, 0.25) is 0 Å². The highest BCUT2D eigenvalue weighted by Gasteiger charge is 2.20. The highest BCUT2D eigenvalue weighted by atomic mass is 16.7. The molecule has 1 aliphatic heterocycles. The number of carbonyl (C=O) groups excluding carboxylic acids is 3. The molecule has 2 aromatic rings. The van der Waals surface area contributed by atoms with Crippen molar-refractivity contribution in [3.8, 4) is 11.5 Å². The molecule has 7 heteroatoms. The minimum absolute atomic E-state index is 0.111. The molecule has 7 nitrogen and oxygen atoms in total. The zero-order valence-corrected chi connectivity index (χ0v) is 15.0. The van der Waals surface area contributed by atoms with Gasteiger partial charge in [0.1, 0.15) is 6.54 Å². The van der Waals surface area contributed by atoms with Gasteiger partial charge in [0.25, 0.3) is 5.91 Å². The Kier molecular flexibility index (Phi) is 5.40. The molecule has 0 unspecified atom stereocenters. The van der Waals surface area contributed by atoms with Crippen molar-refractivity contribution >= 4 is 17.7 Å². The largest absolute Gasteiger partial charge is 0.454 e. The summed E-state index contributed by atoms with van der Waals surface area (Å²) >= 11 is 0. The third kappa shape index (κ3) is 4.44. The average Bonchev–Trinajstić information content (AvgIpc) is 3.13. The van der Waals surface area contributed by atoms with Crippen molar-refractivity contribution in [1.82, 2.24) is 5.32 Å². The Morgan fingerprint density at radius 2 is 1.70 bits per heavy atom. The number of ketones is 1. The molecule has 0 fully saturated rings. The van der Waals surface area contributed by atoms with E-state index in [2.05, 4.69) is 5.32 Å². The van der Waals surface area contributed by atoms with Gasteiger partial charge in [-0.3, -0.25) is 14.4 Å². The number of fused-ring (bicyclic) bond motifs is 1. The Labute approximate surface area is 156 Å². The van der Waals surface area contributed by atoms with E-state index in [0.717, 1.165) is 5.56 Å². The number of ether oxygens (including phenoxy) is 3. The smallest absolute Gasteiger partial charge is 0.326 e. The summed E-state index contributed by atoms with van der Waals surface area (Å²) in [6.45, 7) is 3.18. The zero-order chi connectivity index (χ0) is 19.4. The van der Waals surface area contributed by atoms with E-state index in [1.54, 1.807) is 24.3 Å². The maximum absolute atomic E-state index is 12.3. The van der Waals surface area contributed by atoms with Gasteiger partial charge in [-0.25, -0.2) is 0 Å². The van der Waals surface area contributed by atoms with Crippen LogP contribution in [0.5, 0.6) is 11.5 Å². The van der Waals surface area contributed by atoms with E-state index in [0.29, 0.717) is 22.6 Å². The maximum atomic E-state index is 12.3. The van der Waals surface area contributed by atoms with Gasteiger partial charge in [-0.05, 0) is 32.0 Å². The predicted octanol–water partition coefficient (Wildman–Crippen LogP) is 2.27. The molecule has 1 heterocycles. The summed E-state index contributed by atoms with van der Waals surface area (Å²) in [5.41, 5.74) is 1.82. The summed E-state index contributed by atoms with van der Waals surface area (Å²) in [6, 6.07) is 11.7. The normalized spacial score (nSPS) is 13.0. The number of hydrogen-bond donors (Lipinski definition) is 1. The molecule has 0 saturated heterocycles. The van der Waals surface area contributed by atoms with Gasteiger partial charge in [-0.2, -0.15) is 0 Å². The van der Waals surface area contributed by atoms with Gasteiger partial charge in [0.2, 0.25) is 12.6 Å². The first-order chi connectivity index (χ1) is 12.9. The summed E-state index contributed by atoms with van der Waals surface area (Å²) in [5, 5.41) is 2.46. The van der Waals surface area contributed by atoms with Crippen LogP contribution in [0.25, 0.3) is 0 Å². The molecule has 1 aliphatic rings. The van der Waals surface area contributed by atoms with Crippen LogP contribution in [-0.2, 0) is 9.53 Å². The lowest BCUT2D eigenvalue weighted by molar-refractivity contribution is -0.145. The molecule has 1 atom stereocenters. The number of amides is 1. The van der Waals surface area contributed by atoms with E-state index in [1.807, 2.05) is 19.1 Å². The molecule has 0 radical (unpaired) electrons. The van der Waals surface area contributed by atoms with Crippen molar-refractivity contribution in [2.24, 2.45) is 0 Å². The molecule has 0 bridgehead atoms. The number of nitrogens with one attached hydrogen (secondary N) is 1. The molecular formula is C20H19NO6. The molecule has 140 valence electrons. The standard InChI is InChI=1S/C20H19NO6/c1-12-3-5-14(6-4-12)19(23)13(2)27-18(22)10-21-20(24)15-7-8-16-17(9-15)26-11-25-16/h3-9,13H,10-11H2,1-2H3,(H,21,24)/t13-/m1/s1. The summed E-state index contributed by atoms with van der Waals surface area (Å²) in [7, 11) is 0. The molecular weight excluding hydrogens is 350 g/mol. The first kappa shape index (κ1) is 18.4. The van der Waals surface area contributed by atoms with E-state index in [-0.39, 0.29) is 19.1 Å². The van der Waals surface area contributed by atoms with Crippen LogP contribution in [-0.4, -0.2) is 37.1 Å². The quantitative estimate of drug-likeness (QED) is 0.620. The van der Waals surface area contributed by atoms with Crippen molar-refractivity contribution in [3.63, 3.8) is 0 Å². The number of benzene rings is 2. The lowest BCUT2D eigenvalue weighted by Crippen LogP contribution is -2.34. The first-order valence-corrected chi connectivity index (χ1v) is 8.42. The van der Waals surface area contributed by atoms with E-state index >= 15 is 0 Å². The lowest BCUT2D eigenvalue weighted by Gasteiger charge is -2.13. The van der Waals surface area contributed by atoms with Crippen LogP contribution in [0.3, 0.4) is 0 Å². The summed E-state index contributed by atoms with van der Waals surface area (Å²) in [6.07, 6.45) is -0.942. The summed E-state index contributed by atoms with van der Waals surface area (Å²) in [5.74, 6) is -0.415. The second-order valence-corrected chi connectivity index (χ2v) is 6.11. The zero-order valence-electron chi connectivity index (χ0n) is 15.0. The lowest BCUT2D eigenvalue weighted by atomic mass is 10.1. The van der Waals surface area contributed by atoms with E-state index in [1.165, 1.54) is 13.0 Å². The van der Waals surface area contributed by atoms with Crippen molar-refractivity contribution < 1.29 is 28.6 Å². The van der Waals surface area contributed by atoms with Crippen LogP contribution in [0.4, 0.5) is 0 Å². The van der Waals surface area contributed by atoms with Crippen molar-refractivity contribution in [2.75, 3.05) is 13.3 Å². The van der Waals surface area contributed by atoms with Gasteiger partial charge in [0.05, 0.1) is 0 Å². The second kappa shape index (κ2) is 7.90. The third-order valence-electron chi connectivity index (χ3n) is 4.04. The van der Waals surface area contributed by atoms with Gasteiger partial charge >= 0.3 is 5.97 Å². The molecule has 0 spiro atoms. The molecule has 1 amide bonds. The van der Waals surface area contributed by atoms with Crippen LogP contribution in [0, 0.1) is 6.92 Å². The molecule has 2 aromatic carbocycles. The number of esters is 1. The van der Waals surface area contributed by atoms with Crippen LogP contribution >= 0.6 is 0 Å². The maximum Gasteiger partial charge on any atom is 0.326 e. The fourth-order valence-corrected chi connectivity index (χ4v) is 2.54. The van der Waals surface area contributed by atoms with Gasteiger partial charge in [-0.15, -0.1) is 0 Å². The Balaban J connectivity index is 1.50. The van der Waals surface area contributed by atoms with Crippen LogP contribution < -0.4 is 14.8 Å². The van der Waals surface area contributed by atoms with E-state index < -0.39 is 18.0 Å². The average molecular weight is 369 g/mol. The van der Waals surface area contributed by atoms with Crippen molar-refractivity contribution in [2.45, 2.75) is 20.0 Å². The molecule has 27 heavy (non-hydrogen) atoms. The Bertz CT molecular complexity index is 875. The summed E-state index contributed by atoms with van der Waals surface area (Å²) < 4.78 is 15.5. The molecule has 3 rings (SSSR count). The molecule has 0 aromatic heterocycles. The van der Waals surface area contributed by atoms with Crippen LogP contribution in [0.1, 0.15) is 33.2 Å². The number of carbonyl (C=O) groups is 3. The van der Waals surface area contributed by atoms with E-state index in [9.17, 15) is 14.4 Å². The predicted molar refractivity (Wildman–Crippen MR) is 96.0 cm³/mol. The van der Waals surface area contributed by atoms with E-state index in [4.69, 9.17) is 14.2 Å². The number of hydrogen-bond acceptors (Lipinski definition) is 6. The third-order valence-corrected chi connectivity index (χ3v) is 4.04. The number of Topliss-reactive ketones (excluding diaryl/α,β-unsaturated/α-hetero) is 1. The monoisotopic (exact) mass is 369 g/mol. The van der Waals surface area contributed by atoms with Gasteiger partial charge in [0, 0.05) is 11.1 Å². The Morgan fingerprint density at radius 1 is 1.04 bits per heavy atom. The van der Waals surface area contributed by atoms with Crippen LogP contribution in [0.15, 0.2) is 42.5 Å². The minimum atomic E-state index is -0.942. The second-order valence-electron chi connectivity index (χ2n) is 6.11. The fourth-order valence-electron chi connectivity index (χ4n) is 2.54. The topological polar surface area (TPSA) is 90.9 Å². The van der Waals surface area contributed by atoms with Gasteiger partial charge < -0.3 is 19.5 Å². The molecule has 0 saturated carbocycles. The highest BCUT2D eigenvalue weighted by molar-refractivity contribution is 6.00. The number of aryl methyl sites for hydroxylation is 1. The Morgan fingerprint density at radius 3 is 2.44 bits per heavy atom. The van der Waals surface area contributed by atoms with Gasteiger partial charge in [-0.1, -0.05) is 29.8 Å². The molecule has 0 aliphatic carbocycles. The SMILES string of the molecule is Cc1ccc(C(=O)[C@@H](C)OC(=O)CNC(=O)c2ccc3c(c2)OCO3)cc1. The highest BCUT2D eigenvalue weighted by Crippen LogP contribution is 2.32.